The van der Waals surface area contributed by atoms with E-state index in [1.165, 1.54) is 37.4 Å². The van der Waals surface area contributed by atoms with E-state index in [1.807, 2.05) is 0 Å². The Hall–Kier alpha value is -4.14. The Morgan fingerprint density at radius 1 is 1.03 bits per heavy atom. The monoisotopic (exact) mass is 531 g/mol. The molecule has 0 spiro atoms. The predicted octanol–water partition coefficient (Wildman–Crippen LogP) is 0.442. The Morgan fingerprint density at radius 3 is 2.39 bits per heavy atom. The number of phenols is 1. The second-order valence-corrected chi connectivity index (χ2v) is 8.61. The van der Waals surface area contributed by atoms with Crippen LogP contribution in [0.5, 0.6) is 17.2 Å². The van der Waals surface area contributed by atoms with E-state index in [2.05, 4.69) is 0 Å². The number of aliphatic hydroxyl groups excluding tert-OH is 4. The van der Waals surface area contributed by atoms with Crippen LogP contribution in [0.1, 0.15) is 10.6 Å². The second-order valence-electron chi connectivity index (χ2n) is 8.61. The molecule has 38 heavy (non-hydrogen) atoms. The van der Waals surface area contributed by atoms with Gasteiger partial charge in [0.25, 0.3) is 0 Å². The van der Waals surface area contributed by atoms with Gasteiger partial charge in [0.05, 0.1) is 31.2 Å². The maximum Gasteiger partial charge on any atom is 0.371 e. The molecule has 0 unspecified atom stereocenters. The van der Waals surface area contributed by atoms with E-state index in [9.17, 15) is 40.2 Å². The van der Waals surface area contributed by atoms with E-state index in [4.69, 9.17) is 23.0 Å². The fraction of sp³-hybridized carbons (Fsp3) is 0.280. The number of rotatable bonds is 6. The first-order valence-corrected chi connectivity index (χ1v) is 11.3. The van der Waals surface area contributed by atoms with Crippen LogP contribution in [0, 0.1) is 0 Å². The third kappa shape index (κ3) is 4.21. The fourth-order valence-corrected chi connectivity index (χ4v) is 4.32. The molecule has 7 N–H and O–H groups in total. The van der Waals surface area contributed by atoms with Gasteiger partial charge in [-0.3, -0.25) is 4.79 Å². The van der Waals surface area contributed by atoms with Crippen molar-refractivity contribution < 1.29 is 63.3 Å². The molecule has 2 aromatic heterocycles. The summed E-state index contributed by atoms with van der Waals surface area (Å²) in [5, 5.41) is 60.6. The SMILES string of the molecule is COc1cc(-c2oc3cc(=[OH+])cc4oc(C(=O)O)cc(c2O[C@@H]2O[C@H](CO)[C@@H](O)[C@H](O)[C@H]2O)c43)ccc1O. The largest absolute Gasteiger partial charge is 0.504 e. The number of hydrogen-bond donors (Lipinski definition) is 6. The number of aliphatic hydroxyl groups is 4. The highest BCUT2D eigenvalue weighted by atomic mass is 16.7. The predicted molar refractivity (Wildman–Crippen MR) is 126 cm³/mol. The Kier molecular flexibility index (Phi) is 6.46. The molecule has 1 aliphatic rings. The molecule has 0 amide bonds. The van der Waals surface area contributed by atoms with Gasteiger partial charge in [-0.25, -0.2) is 4.79 Å². The first-order valence-electron chi connectivity index (χ1n) is 11.3. The highest BCUT2D eigenvalue weighted by molar-refractivity contribution is 6.11. The van der Waals surface area contributed by atoms with Crippen LogP contribution in [0.2, 0.25) is 0 Å². The minimum atomic E-state index is -1.79. The van der Waals surface area contributed by atoms with Crippen LogP contribution in [-0.2, 0) is 4.74 Å². The lowest BCUT2D eigenvalue weighted by Gasteiger charge is -2.39. The molecule has 200 valence electrons. The standard InChI is InChI=1S/C25H22O13/c1-34-13-4-9(2-3-12(13)28)22-23(38-25-21(31)20(30)19(29)17(8-26)37-25)11-7-16(24(32)33)35-14-5-10(27)6-15(36-22)18(11)14/h2-7,17,19-21,25-26,28-31H,8H2,1H3,(H,32,33)/p+1/t17-,19-,20+,21-,25+/m1/s1. The molecule has 0 saturated carbocycles. The van der Waals surface area contributed by atoms with Crippen LogP contribution in [-0.4, -0.2) is 85.8 Å². The molecule has 13 heteroatoms. The summed E-state index contributed by atoms with van der Waals surface area (Å²) in [6.45, 7) is -0.706. The molecule has 0 bridgehead atoms. The molecule has 5 atom stereocenters. The summed E-state index contributed by atoms with van der Waals surface area (Å²) in [4.78, 5) is 22.1. The zero-order chi connectivity index (χ0) is 27.3. The summed E-state index contributed by atoms with van der Waals surface area (Å²) in [7, 11) is 1.33. The molecule has 4 aromatic rings. The minimum absolute atomic E-state index is 0.0620. The molecule has 1 saturated heterocycles. The number of carboxylic acids is 1. The molecule has 3 heterocycles. The van der Waals surface area contributed by atoms with Gasteiger partial charge in [0.1, 0.15) is 35.6 Å². The van der Waals surface area contributed by atoms with E-state index in [0.717, 1.165) is 6.07 Å². The summed E-state index contributed by atoms with van der Waals surface area (Å²) < 4.78 is 28.1. The van der Waals surface area contributed by atoms with Crippen LogP contribution in [0.15, 0.2) is 45.2 Å². The van der Waals surface area contributed by atoms with Crippen LogP contribution >= 0.6 is 0 Å². The third-order valence-corrected chi connectivity index (χ3v) is 6.21. The number of carboxylic acid groups (broad SMARTS) is 1. The van der Waals surface area contributed by atoms with Crippen molar-refractivity contribution in [2.45, 2.75) is 30.7 Å². The lowest BCUT2D eigenvalue weighted by Crippen LogP contribution is -2.60. The molecular weight excluding hydrogens is 508 g/mol. The van der Waals surface area contributed by atoms with Crippen molar-refractivity contribution in [1.82, 2.24) is 0 Å². The Bertz CT molecular complexity index is 1580. The van der Waals surface area contributed by atoms with Gasteiger partial charge in [0.15, 0.2) is 23.0 Å². The summed E-state index contributed by atoms with van der Waals surface area (Å²) in [6, 6.07) is 7.75. The number of hydrogen-bond acceptors (Lipinski definition) is 11. The zero-order valence-corrected chi connectivity index (χ0v) is 19.6. The molecule has 1 fully saturated rings. The van der Waals surface area contributed by atoms with Gasteiger partial charge in [-0.05, 0) is 18.2 Å². The summed E-state index contributed by atoms with van der Waals surface area (Å²) >= 11 is 0. The van der Waals surface area contributed by atoms with E-state index < -0.39 is 49.0 Å². The number of phenolic OH excluding ortho intramolecular Hbond substituents is 1. The summed E-state index contributed by atoms with van der Waals surface area (Å²) in [5.74, 6) is -2.32. The van der Waals surface area contributed by atoms with Crippen LogP contribution in [0.3, 0.4) is 0 Å². The quantitative estimate of drug-likeness (QED) is 0.187. The number of aromatic hydroxyl groups is 1. The van der Waals surface area contributed by atoms with Gasteiger partial charge >= 0.3 is 11.4 Å². The Morgan fingerprint density at radius 2 is 1.74 bits per heavy atom. The van der Waals surface area contributed by atoms with Crippen LogP contribution < -0.4 is 14.9 Å². The number of methoxy groups -OCH3 is 1. The average Bonchev–Trinajstić information content (AvgIpc) is 2.89. The van der Waals surface area contributed by atoms with Gasteiger partial charge in [-0.2, -0.15) is 0 Å². The third-order valence-electron chi connectivity index (χ3n) is 6.21. The van der Waals surface area contributed by atoms with Crippen molar-refractivity contribution in [1.29, 1.82) is 0 Å². The van der Waals surface area contributed by atoms with Crippen molar-refractivity contribution >= 4 is 27.9 Å². The van der Waals surface area contributed by atoms with Crippen molar-refractivity contribution in [3.8, 4) is 28.6 Å². The minimum Gasteiger partial charge on any atom is -0.504 e. The molecule has 5 rings (SSSR count). The highest BCUT2D eigenvalue weighted by Gasteiger charge is 2.45. The maximum absolute atomic E-state index is 11.8. The average molecular weight is 531 g/mol. The van der Waals surface area contributed by atoms with E-state index in [1.54, 1.807) is 0 Å². The molecule has 13 nitrogen and oxygen atoms in total. The van der Waals surface area contributed by atoms with Gasteiger partial charge in [-0.1, -0.05) is 0 Å². The van der Waals surface area contributed by atoms with E-state index in [0.29, 0.717) is 0 Å². The van der Waals surface area contributed by atoms with Gasteiger partial charge < -0.3 is 53.7 Å². The molecular formula is C25H23O13+. The van der Waals surface area contributed by atoms with Gasteiger partial charge in [0, 0.05) is 17.0 Å². The zero-order valence-electron chi connectivity index (χ0n) is 19.6. The van der Waals surface area contributed by atoms with Crippen molar-refractivity contribution in [2.24, 2.45) is 0 Å². The van der Waals surface area contributed by atoms with E-state index in [-0.39, 0.29) is 55.9 Å². The van der Waals surface area contributed by atoms with Crippen LogP contribution in [0.4, 0.5) is 0 Å². The lowest BCUT2D eigenvalue weighted by molar-refractivity contribution is -0.277. The van der Waals surface area contributed by atoms with Gasteiger partial charge in [-0.15, -0.1) is 0 Å². The number of ether oxygens (including phenoxy) is 3. The first-order chi connectivity index (χ1) is 18.1. The Labute approximate surface area is 212 Å². The number of carbonyl (C=O) groups is 1. The fourth-order valence-electron chi connectivity index (χ4n) is 4.32. The first kappa shape index (κ1) is 25.5. The number of benzene rings is 2. The maximum atomic E-state index is 11.8. The molecule has 1 aliphatic heterocycles. The summed E-state index contributed by atoms with van der Waals surface area (Å²) in [6.07, 6.45) is -8.13. The molecule has 0 aliphatic carbocycles. The smallest absolute Gasteiger partial charge is 0.371 e. The van der Waals surface area contributed by atoms with Crippen molar-refractivity contribution in [2.75, 3.05) is 13.7 Å². The summed E-state index contributed by atoms with van der Waals surface area (Å²) in [5.41, 5.74) is -0.0178. The Balaban J connectivity index is 1.81. The normalized spacial score (nSPS) is 23.6. The lowest BCUT2D eigenvalue weighted by atomic mass is 9.99. The van der Waals surface area contributed by atoms with Crippen molar-refractivity contribution in [3.63, 3.8) is 0 Å². The van der Waals surface area contributed by atoms with Crippen molar-refractivity contribution in [3.05, 3.63) is 47.6 Å². The van der Waals surface area contributed by atoms with Gasteiger partial charge in [0.2, 0.25) is 12.1 Å². The molecule has 2 aromatic carbocycles. The topological polar surface area (TPSA) is 214 Å². The number of aromatic carboxylic acids is 1. The highest BCUT2D eigenvalue weighted by Crippen LogP contribution is 2.44. The molecule has 0 radical (unpaired) electrons. The second kappa shape index (κ2) is 9.63. The van der Waals surface area contributed by atoms with E-state index >= 15 is 0 Å². The van der Waals surface area contributed by atoms with Crippen LogP contribution in [0.25, 0.3) is 33.3 Å².